The number of hydrogen-bond acceptors (Lipinski definition) is 4. The molecule has 0 amide bonds. The third-order valence-electron chi connectivity index (χ3n) is 2.23. The lowest BCUT2D eigenvalue weighted by atomic mass is 10.1. The molecule has 4 heteroatoms. The van der Waals surface area contributed by atoms with Crippen molar-refractivity contribution < 1.29 is 19.1 Å². The quantitative estimate of drug-likeness (QED) is 0.519. The molecule has 4 nitrogen and oxygen atoms in total. The average Bonchev–Trinajstić information content (AvgIpc) is 2.16. The van der Waals surface area contributed by atoms with Crippen LogP contribution in [-0.2, 0) is 19.1 Å². The first-order valence-electron chi connectivity index (χ1n) is 5.27. The fourth-order valence-electron chi connectivity index (χ4n) is 0.785. The minimum Gasteiger partial charge on any atom is -0.465 e. The Hall–Kier alpha value is -1.06. The number of esters is 2. The molecule has 0 spiro atoms. The topological polar surface area (TPSA) is 52.6 Å². The van der Waals surface area contributed by atoms with Gasteiger partial charge in [-0.05, 0) is 26.7 Å². The molecule has 0 aliphatic carbocycles. The molecule has 2 atom stereocenters. The number of ether oxygens (including phenoxy) is 2. The molecule has 0 aliphatic rings. The van der Waals surface area contributed by atoms with Gasteiger partial charge in [0.2, 0.25) is 0 Å². The molecule has 0 aromatic carbocycles. The van der Waals surface area contributed by atoms with E-state index in [1.165, 1.54) is 6.92 Å². The summed E-state index contributed by atoms with van der Waals surface area (Å²) in [5.74, 6) is -1.65. The van der Waals surface area contributed by atoms with Gasteiger partial charge in [0.25, 0.3) is 0 Å². The van der Waals surface area contributed by atoms with Gasteiger partial charge in [0.15, 0.2) is 5.92 Å². The first kappa shape index (κ1) is 13.9. The van der Waals surface area contributed by atoms with E-state index in [0.717, 1.165) is 0 Å². The van der Waals surface area contributed by atoms with Gasteiger partial charge in [0, 0.05) is 0 Å². The first-order valence-corrected chi connectivity index (χ1v) is 5.27. The van der Waals surface area contributed by atoms with E-state index >= 15 is 0 Å². The maximum Gasteiger partial charge on any atom is 0.320 e. The summed E-state index contributed by atoms with van der Waals surface area (Å²) < 4.78 is 9.83. The molecule has 0 heterocycles. The predicted octanol–water partition coefficient (Wildman–Crippen LogP) is 1.77. The van der Waals surface area contributed by atoms with E-state index in [-0.39, 0.29) is 18.6 Å². The molecule has 0 aliphatic heterocycles. The summed E-state index contributed by atoms with van der Waals surface area (Å²) in [6.07, 6.45) is -0.186. The number of rotatable bonds is 5. The fourth-order valence-corrected chi connectivity index (χ4v) is 0.785. The fraction of sp³-hybridized carbons (Fsp3) is 0.818. The van der Waals surface area contributed by atoms with Gasteiger partial charge in [-0.3, -0.25) is 9.59 Å². The maximum absolute atomic E-state index is 11.5. The molecule has 88 valence electrons. The van der Waals surface area contributed by atoms with Gasteiger partial charge in [0.05, 0.1) is 6.61 Å². The van der Waals surface area contributed by atoms with Gasteiger partial charge in [0.1, 0.15) is 6.10 Å². The molecule has 2 unspecified atom stereocenters. The van der Waals surface area contributed by atoms with Gasteiger partial charge < -0.3 is 9.47 Å². The standard InChI is InChI=1S/C11H20O4/c1-6-14-10(12)8(4)11(13)15-9(5)7(2)3/h7-9H,6H2,1-5H3. The lowest BCUT2D eigenvalue weighted by Crippen LogP contribution is -2.29. The van der Waals surface area contributed by atoms with Crippen molar-refractivity contribution in [1.29, 1.82) is 0 Å². The highest BCUT2D eigenvalue weighted by atomic mass is 16.6. The molecule has 0 fully saturated rings. The molecule has 0 aromatic heterocycles. The summed E-state index contributed by atoms with van der Waals surface area (Å²) in [6.45, 7) is 9.18. The van der Waals surface area contributed by atoms with Crippen LogP contribution in [0.4, 0.5) is 0 Å². The van der Waals surface area contributed by atoms with Crippen molar-refractivity contribution in [2.45, 2.75) is 40.7 Å². The molecule has 0 saturated heterocycles. The highest BCUT2D eigenvalue weighted by Gasteiger charge is 2.26. The van der Waals surface area contributed by atoms with Crippen LogP contribution in [0.5, 0.6) is 0 Å². The smallest absolute Gasteiger partial charge is 0.320 e. The van der Waals surface area contributed by atoms with E-state index in [2.05, 4.69) is 0 Å². The zero-order valence-electron chi connectivity index (χ0n) is 10.1. The average molecular weight is 216 g/mol. The minimum absolute atomic E-state index is 0.186. The van der Waals surface area contributed by atoms with Crippen LogP contribution in [0.3, 0.4) is 0 Å². The van der Waals surface area contributed by atoms with E-state index < -0.39 is 17.9 Å². The molecule has 0 aromatic rings. The van der Waals surface area contributed by atoms with Crippen molar-refractivity contribution in [3.8, 4) is 0 Å². The van der Waals surface area contributed by atoms with Crippen molar-refractivity contribution in [2.24, 2.45) is 11.8 Å². The summed E-state index contributed by atoms with van der Waals surface area (Å²) in [5, 5.41) is 0. The summed E-state index contributed by atoms with van der Waals surface area (Å²) in [4.78, 5) is 22.7. The number of carbonyl (C=O) groups excluding carboxylic acids is 2. The summed E-state index contributed by atoms with van der Waals surface area (Å²) in [6, 6.07) is 0. The predicted molar refractivity (Wildman–Crippen MR) is 56.2 cm³/mol. The van der Waals surface area contributed by atoms with Crippen LogP contribution >= 0.6 is 0 Å². The molecule has 0 rings (SSSR count). The van der Waals surface area contributed by atoms with Crippen molar-refractivity contribution >= 4 is 11.9 Å². The molecule has 0 N–H and O–H groups in total. The second kappa shape index (κ2) is 6.43. The van der Waals surface area contributed by atoms with E-state index in [0.29, 0.717) is 0 Å². The molecule has 0 radical (unpaired) electrons. The minimum atomic E-state index is -0.842. The van der Waals surface area contributed by atoms with Crippen molar-refractivity contribution in [3.05, 3.63) is 0 Å². The van der Waals surface area contributed by atoms with Crippen LogP contribution in [0.15, 0.2) is 0 Å². The van der Waals surface area contributed by atoms with Crippen LogP contribution in [-0.4, -0.2) is 24.6 Å². The van der Waals surface area contributed by atoms with Crippen LogP contribution in [0.2, 0.25) is 0 Å². The molecule has 0 saturated carbocycles. The Morgan fingerprint density at radius 1 is 1.07 bits per heavy atom. The highest BCUT2D eigenvalue weighted by molar-refractivity contribution is 5.94. The Labute approximate surface area is 90.9 Å². The Kier molecular flexibility index (Phi) is 5.97. The second-order valence-corrected chi connectivity index (χ2v) is 3.86. The van der Waals surface area contributed by atoms with Crippen molar-refractivity contribution in [1.82, 2.24) is 0 Å². The van der Waals surface area contributed by atoms with Crippen LogP contribution in [0.1, 0.15) is 34.6 Å². The van der Waals surface area contributed by atoms with Gasteiger partial charge >= 0.3 is 11.9 Å². The van der Waals surface area contributed by atoms with Crippen LogP contribution in [0.25, 0.3) is 0 Å². The first-order chi connectivity index (χ1) is 6.90. The van der Waals surface area contributed by atoms with Crippen LogP contribution in [0, 0.1) is 11.8 Å². The van der Waals surface area contributed by atoms with E-state index in [1.54, 1.807) is 13.8 Å². The van der Waals surface area contributed by atoms with Gasteiger partial charge in [-0.15, -0.1) is 0 Å². The zero-order chi connectivity index (χ0) is 12.0. The van der Waals surface area contributed by atoms with Crippen molar-refractivity contribution in [2.75, 3.05) is 6.61 Å². The van der Waals surface area contributed by atoms with Gasteiger partial charge in [-0.25, -0.2) is 0 Å². The number of hydrogen-bond donors (Lipinski definition) is 0. The third-order valence-corrected chi connectivity index (χ3v) is 2.23. The monoisotopic (exact) mass is 216 g/mol. The summed E-state index contributed by atoms with van der Waals surface area (Å²) >= 11 is 0. The Morgan fingerprint density at radius 3 is 2.00 bits per heavy atom. The zero-order valence-corrected chi connectivity index (χ0v) is 10.1. The SMILES string of the molecule is CCOC(=O)C(C)C(=O)OC(C)C(C)C. The second-order valence-electron chi connectivity index (χ2n) is 3.86. The Balaban J connectivity index is 4.15. The molecule has 0 bridgehead atoms. The Morgan fingerprint density at radius 2 is 1.60 bits per heavy atom. The number of carbonyl (C=O) groups is 2. The Bertz CT molecular complexity index is 223. The van der Waals surface area contributed by atoms with Gasteiger partial charge in [-0.1, -0.05) is 13.8 Å². The van der Waals surface area contributed by atoms with Gasteiger partial charge in [-0.2, -0.15) is 0 Å². The largest absolute Gasteiger partial charge is 0.465 e. The van der Waals surface area contributed by atoms with E-state index in [4.69, 9.17) is 9.47 Å². The molecular formula is C11H20O4. The van der Waals surface area contributed by atoms with Crippen LogP contribution < -0.4 is 0 Å². The van der Waals surface area contributed by atoms with E-state index in [1.807, 2.05) is 13.8 Å². The molecule has 15 heavy (non-hydrogen) atoms. The summed E-state index contributed by atoms with van der Waals surface area (Å²) in [7, 11) is 0. The maximum atomic E-state index is 11.5. The summed E-state index contributed by atoms with van der Waals surface area (Å²) in [5.41, 5.74) is 0. The van der Waals surface area contributed by atoms with Crippen molar-refractivity contribution in [3.63, 3.8) is 0 Å². The lowest BCUT2D eigenvalue weighted by molar-refractivity contribution is -0.164. The highest BCUT2D eigenvalue weighted by Crippen LogP contribution is 2.10. The lowest BCUT2D eigenvalue weighted by Gasteiger charge is -2.18. The normalized spacial score (nSPS) is 14.5. The van der Waals surface area contributed by atoms with E-state index in [9.17, 15) is 9.59 Å². The molecular weight excluding hydrogens is 196 g/mol. The third kappa shape index (κ3) is 4.81.